The normalized spacial score (nSPS) is 11.7. The maximum Gasteiger partial charge on any atom is 0.310 e. The molecular weight excluding hydrogens is 426 g/mol. The summed E-state index contributed by atoms with van der Waals surface area (Å²) in [5.74, 6) is -0.804. The van der Waals surface area contributed by atoms with Gasteiger partial charge >= 0.3 is 5.97 Å². The third-order valence-corrected chi connectivity index (χ3v) is 5.60. The van der Waals surface area contributed by atoms with E-state index in [-0.39, 0.29) is 19.0 Å². The van der Waals surface area contributed by atoms with Crippen LogP contribution in [-0.2, 0) is 16.0 Å². The van der Waals surface area contributed by atoms with E-state index in [9.17, 15) is 14.7 Å². The van der Waals surface area contributed by atoms with Gasteiger partial charge in [-0.1, -0.05) is 23.7 Å². The lowest BCUT2D eigenvalue weighted by Gasteiger charge is -2.13. The van der Waals surface area contributed by atoms with E-state index in [0.717, 1.165) is 10.4 Å². The van der Waals surface area contributed by atoms with Crippen LogP contribution < -0.4 is 10.9 Å². The summed E-state index contributed by atoms with van der Waals surface area (Å²) in [6, 6.07) is 12.1. The molecule has 0 saturated heterocycles. The number of carbonyl (C=O) groups excluding carboxylic acids is 2. The molecule has 0 aliphatic heterocycles. The second-order valence-electron chi connectivity index (χ2n) is 6.24. The van der Waals surface area contributed by atoms with E-state index < -0.39 is 12.1 Å². The van der Waals surface area contributed by atoms with Crippen molar-refractivity contribution in [2.75, 3.05) is 6.61 Å². The zero-order valence-corrected chi connectivity index (χ0v) is 17.7. The number of thiophene rings is 1. The number of pyridine rings is 1. The molecule has 156 valence electrons. The van der Waals surface area contributed by atoms with Crippen molar-refractivity contribution in [1.29, 1.82) is 0 Å². The number of hydrazine groups is 1. The van der Waals surface area contributed by atoms with Crippen LogP contribution in [0.3, 0.4) is 0 Å². The Balaban J connectivity index is 1.79. The van der Waals surface area contributed by atoms with Crippen molar-refractivity contribution >= 4 is 34.8 Å². The van der Waals surface area contributed by atoms with Gasteiger partial charge in [0, 0.05) is 22.3 Å². The summed E-state index contributed by atoms with van der Waals surface area (Å²) in [6.07, 6.45) is 2.04. The Morgan fingerprint density at radius 1 is 1.20 bits per heavy atom. The summed E-state index contributed by atoms with van der Waals surface area (Å²) >= 11 is 7.21. The average Bonchev–Trinajstić information content (AvgIpc) is 3.16. The Morgan fingerprint density at radius 2 is 1.90 bits per heavy atom. The number of benzene rings is 1. The fourth-order valence-electron chi connectivity index (χ4n) is 2.71. The van der Waals surface area contributed by atoms with Crippen molar-refractivity contribution in [3.05, 3.63) is 75.9 Å². The van der Waals surface area contributed by atoms with E-state index in [1.165, 1.54) is 11.3 Å². The first-order chi connectivity index (χ1) is 14.5. The molecule has 2 heterocycles. The Kier molecular flexibility index (Phi) is 7.53. The highest BCUT2D eigenvalue weighted by atomic mass is 35.5. The summed E-state index contributed by atoms with van der Waals surface area (Å²) in [7, 11) is 0. The number of aromatic nitrogens is 1. The molecule has 0 saturated carbocycles. The van der Waals surface area contributed by atoms with E-state index in [4.69, 9.17) is 16.3 Å². The fraction of sp³-hybridized carbons (Fsp3) is 0.190. The third kappa shape index (κ3) is 5.64. The molecule has 0 fully saturated rings. The van der Waals surface area contributed by atoms with Crippen LogP contribution in [0.2, 0.25) is 5.02 Å². The zero-order valence-electron chi connectivity index (χ0n) is 16.1. The number of nitrogens with zero attached hydrogens (tertiary/aromatic N) is 1. The quantitative estimate of drug-likeness (QED) is 0.279. The largest absolute Gasteiger partial charge is 0.466 e. The third-order valence-electron chi connectivity index (χ3n) is 4.12. The van der Waals surface area contributed by atoms with Gasteiger partial charge in [0.25, 0.3) is 5.91 Å². The molecule has 0 aliphatic carbocycles. The van der Waals surface area contributed by atoms with Crippen LogP contribution in [0, 0.1) is 0 Å². The number of ether oxygens (including phenoxy) is 1. The molecule has 30 heavy (non-hydrogen) atoms. The molecule has 3 aromatic rings. The Labute approximate surface area is 182 Å². The molecule has 9 heteroatoms. The minimum Gasteiger partial charge on any atom is -0.466 e. The second kappa shape index (κ2) is 10.3. The molecule has 1 unspecified atom stereocenters. The zero-order chi connectivity index (χ0) is 21.5. The number of carbonyl (C=O) groups is 2. The molecule has 0 radical (unpaired) electrons. The van der Waals surface area contributed by atoms with E-state index in [0.29, 0.717) is 21.0 Å². The summed E-state index contributed by atoms with van der Waals surface area (Å²) in [6.45, 7) is 2.02. The number of esters is 1. The molecular formula is C21H20ClN3O4S. The van der Waals surface area contributed by atoms with E-state index in [1.807, 2.05) is 12.1 Å². The van der Waals surface area contributed by atoms with E-state index >= 15 is 0 Å². The summed E-state index contributed by atoms with van der Waals surface area (Å²) in [5.41, 5.74) is 7.13. The van der Waals surface area contributed by atoms with E-state index in [2.05, 4.69) is 15.8 Å². The van der Waals surface area contributed by atoms with Gasteiger partial charge in [0.15, 0.2) is 0 Å². The highest BCUT2D eigenvalue weighted by molar-refractivity contribution is 7.17. The molecule has 7 nitrogen and oxygen atoms in total. The Bertz CT molecular complexity index is 1010. The fourth-order valence-corrected chi connectivity index (χ4v) is 3.92. The first kappa shape index (κ1) is 21.9. The van der Waals surface area contributed by atoms with Gasteiger partial charge in [-0.2, -0.15) is 0 Å². The van der Waals surface area contributed by atoms with Crippen LogP contribution in [0.15, 0.2) is 54.9 Å². The van der Waals surface area contributed by atoms with Crippen LogP contribution in [0.4, 0.5) is 0 Å². The van der Waals surface area contributed by atoms with Gasteiger partial charge < -0.3 is 9.84 Å². The van der Waals surface area contributed by atoms with Crippen LogP contribution in [0.1, 0.15) is 34.0 Å². The summed E-state index contributed by atoms with van der Waals surface area (Å²) in [4.78, 5) is 29.7. The van der Waals surface area contributed by atoms with Crippen molar-refractivity contribution in [2.45, 2.75) is 19.6 Å². The van der Waals surface area contributed by atoms with Crippen LogP contribution in [0.25, 0.3) is 10.4 Å². The summed E-state index contributed by atoms with van der Waals surface area (Å²) < 4.78 is 5.05. The molecule has 3 rings (SSSR count). The number of rotatable bonds is 8. The molecule has 1 aromatic carbocycles. The molecule has 1 amide bonds. The molecule has 0 bridgehead atoms. The minimum absolute atomic E-state index is 0.0443. The van der Waals surface area contributed by atoms with Crippen molar-refractivity contribution in [3.63, 3.8) is 0 Å². The second-order valence-corrected chi connectivity index (χ2v) is 7.72. The molecule has 1 atom stereocenters. The lowest BCUT2D eigenvalue weighted by Crippen LogP contribution is -2.39. The van der Waals surface area contributed by atoms with Crippen molar-refractivity contribution in [3.8, 4) is 10.4 Å². The smallest absolute Gasteiger partial charge is 0.310 e. The van der Waals surface area contributed by atoms with Gasteiger partial charge in [-0.3, -0.25) is 20.0 Å². The lowest BCUT2D eigenvalue weighted by molar-refractivity contribution is -0.142. The Hall–Kier alpha value is -2.78. The average molecular weight is 446 g/mol. The minimum atomic E-state index is -1.09. The number of aliphatic hydroxyl groups is 1. The topological polar surface area (TPSA) is 101 Å². The van der Waals surface area contributed by atoms with Gasteiger partial charge in [-0.25, -0.2) is 5.43 Å². The van der Waals surface area contributed by atoms with Crippen molar-refractivity contribution in [1.82, 2.24) is 15.8 Å². The molecule has 2 aromatic heterocycles. The van der Waals surface area contributed by atoms with Crippen LogP contribution >= 0.6 is 22.9 Å². The van der Waals surface area contributed by atoms with Crippen molar-refractivity contribution < 1.29 is 19.4 Å². The van der Waals surface area contributed by atoms with Gasteiger partial charge in [0.05, 0.1) is 17.9 Å². The summed E-state index contributed by atoms with van der Waals surface area (Å²) in [5, 5.41) is 10.7. The number of hydrogen-bond acceptors (Lipinski definition) is 7. The predicted molar refractivity (Wildman–Crippen MR) is 115 cm³/mol. The maximum absolute atomic E-state index is 12.6. The molecule has 0 aliphatic rings. The Morgan fingerprint density at radius 3 is 2.57 bits per heavy atom. The first-order valence-corrected chi connectivity index (χ1v) is 10.4. The molecule has 0 spiro atoms. The first-order valence-electron chi connectivity index (χ1n) is 9.16. The molecule has 3 N–H and O–H groups in total. The van der Waals surface area contributed by atoms with E-state index in [1.54, 1.807) is 49.6 Å². The van der Waals surface area contributed by atoms with Crippen LogP contribution in [0.5, 0.6) is 0 Å². The highest BCUT2D eigenvalue weighted by Crippen LogP contribution is 2.34. The number of nitrogens with one attached hydrogen (secondary N) is 2. The van der Waals surface area contributed by atoms with Crippen molar-refractivity contribution in [2.24, 2.45) is 0 Å². The monoisotopic (exact) mass is 445 g/mol. The number of amides is 1. The number of aliphatic hydroxyl groups excluding tert-OH is 1. The van der Waals surface area contributed by atoms with Crippen LogP contribution in [-0.4, -0.2) is 28.6 Å². The number of hydrogen-bond donors (Lipinski definition) is 3. The number of halogens is 1. The van der Waals surface area contributed by atoms with Gasteiger partial charge in [-0.15, -0.1) is 11.3 Å². The van der Waals surface area contributed by atoms with Gasteiger partial charge in [0.1, 0.15) is 6.23 Å². The standard InChI is InChI=1S/C21H20ClN3O4S/c1-2-29-18(26)12-15-11-17(30-19(15)13-3-5-16(22)6-4-13)21(28)25-24-20(27)14-7-9-23-10-8-14/h3-11,20,24,27H,2,12H2,1H3,(H,25,28). The van der Waals surface area contributed by atoms with Gasteiger partial charge in [0.2, 0.25) is 0 Å². The van der Waals surface area contributed by atoms with Gasteiger partial charge in [-0.05, 0) is 53.9 Å². The maximum atomic E-state index is 12.6. The highest BCUT2D eigenvalue weighted by Gasteiger charge is 2.19. The SMILES string of the molecule is CCOC(=O)Cc1cc(C(=O)NNC(O)c2ccncc2)sc1-c1ccc(Cl)cc1. The predicted octanol–water partition coefficient (Wildman–Crippen LogP) is 3.49. The lowest BCUT2D eigenvalue weighted by atomic mass is 10.1.